The average molecular weight is 278 g/mol. The number of pyridine rings is 1. The first kappa shape index (κ1) is 11.4. The molecule has 6 heteroatoms. The summed E-state index contributed by atoms with van der Waals surface area (Å²) in [6, 6.07) is 3.92. The molecule has 0 fully saturated rings. The van der Waals surface area contributed by atoms with Crippen molar-refractivity contribution in [2.45, 2.75) is 5.88 Å². The number of rotatable bonds is 2. The van der Waals surface area contributed by atoms with Crippen LogP contribution in [0.25, 0.3) is 21.6 Å². The first-order valence-corrected chi connectivity index (χ1v) is 6.67. The van der Waals surface area contributed by atoms with Gasteiger partial charge in [-0.3, -0.25) is 9.78 Å². The average Bonchev–Trinajstić information content (AvgIpc) is 2.85. The number of fused-ring (bicyclic) bond motifs is 1. The second-order valence-electron chi connectivity index (χ2n) is 3.75. The van der Waals surface area contributed by atoms with Gasteiger partial charge in [-0.15, -0.1) is 22.9 Å². The molecule has 0 aliphatic heterocycles. The summed E-state index contributed by atoms with van der Waals surface area (Å²) < 4.78 is 1.07. The molecule has 3 heterocycles. The van der Waals surface area contributed by atoms with Crippen molar-refractivity contribution in [1.82, 2.24) is 15.0 Å². The van der Waals surface area contributed by atoms with Crippen molar-refractivity contribution in [3.8, 4) is 11.4 Å². The molecule has 1 N–H and O–H groups in total. The number of nitrogens with one attached hydrogen (secondary N) is 1. The van der Waals surface area contributed by atoms with Gasteiger partial charge in [-0.2, -0.15) is 0 Å². The molecule has 0 unspecified atom stereocenters. The Balaban J connectivity index is 2.13. The van der Waals surface area contributed by atoms with Crippen LogP contribution >= 0.6 is 22.9 Å². The molecule has 3 aromatic heterocycles. The van der Waals surface area contributed by atoms with Crippen LogP contribution in [0.15, 0.2) is 34.7 Å². The van der Waals surface area contributed by atoms with Crippen LogP contribution in [0.5, 0.6) is 0 Å². The van der Waals surface area contributed by atoms with Gasteiger partial charge in [-0.05, 0) is 17.5 Å². The molecule has 18 heavy (non-hydrogen) atoms. The Hall–Kier alpha value is -1.72. The monoisotopic (exact) mass is 277 g/mol. The quantitative estimate of drug-likeness (QED) is 0.733. The Kier molecular flexibility index (Phi) is 2.85. The highest BCUT2D eigenvalue weighted by atomic mass is 35.5. The highest BCUT2D eigenvalue weighted by Crippen LogP contribution is 2.23. The smallest absolute Gasteiger partial charge is 0.255 e. The third kappa shape index (κ3) is 1.91. The molecular formula is C12H8ClN3OS. The molecule has 4 nitrogen and oxygen atoms in total. The van der Waals surface area contributed by atoms with E-state index in [0.717, 1.165) is 15.8 Å². The second kappa shape index (κ2) is 4.51. The normalized spacial score (nSPS) is 10.9. The zero-order chi connectivity index (χ0) is 12.5. The van der Waals surface area contributed by atoms with Crippen LogP contribution in [-0.2, 0) is 5.88 Å². The molecule has 0 saturated carbocycles. The summed E-state index contributed by atoms with van der Waals surface area (Å²) in [4.78, 5) is 22.9. The number of thiophene rings is 1. The number of H-pyrrole nitrogens is 1. The van der Waals surface area contributed by atoms with Gasteiger partial charge in [0.1, 0.15) is 5.82 Å². The van der Waals surface area contributed by atoms with Crippen LogP contribution in [0.1, 0.15) is 5.56 Å². The summed E-state index contributed by atoms with van der Waals surface area (Å²) >= 11 is 7.23. The molecule has 0 atom stereocenters. The third-order valence-electron chi connectivity index (χ3n) is 2.59. The van der Waals surface area contributed by atoms with Gasteiger partial charge >= 0.3 is 0 Å². The fourth-order valence-corrected chi connectivity index (χ4v) is 2.61. The van der Waals surface area contributed by atoms with Gasteiger partial charge in [-0.1, -0.05) is 0 Å². The summed E-state index contributed by atoms with van der Waals surface area (Å²) in [6.07, 6.45) is 3.20. The number of nitrogens with zero attached hydrogens (tertiary/aromatic N) is 2. The van der Waals surface area contributed by atoms with E-state index in [1.807, 2.05) is 17.5 Å². The van der Waals surface area contributed by atoms with Crippen molar-refractivity contribution in [2.24, 2.45) is 0 Å². The van der Waals surface area contributed by atoms with Crippen LogP contribution in [0, 0.1) is 0 Å². The van der Waals surface area contributed by atoms with Gasteiger partial charge in [0.15, 0.2) is 0 Å². The molecule has 0 saturated heterocycles. The minimum absolute atomic E-state index is 0.158. The third-order valence-corrected chi connectivity index (χ3v) is 3.73. The number of hydrogen-bond donors (Lipinski definition) is 1. The molecule has 0 amide bonds. The molecule has 3 aromatic rings. The van der Waals surface area contributed by atoms with Gasteiger partial charge in [0.05, 0.1) is 21.7 Å². The Morgan fingerprint density at radius 1 is 1.33 bits per heavy atom. The lowest BCUT2D eigenvalue weighted by molar-refractivity contribution is 1.07. The van der Waals surface area contributed by atoms with E-state index in [1.165, 1.54) is 6.20 Å². The lowest BCUT2D eigenvalue weighted by Gasteiger charge is -2.01. The van der Waals surface area contributed by atoms with Crippen LogP contribution in [0.2, 0.25) is 0 Å². The van der Waals surface area contributed by atoms with Crippen LogP contribution in [-0.4, -0.2) is 15.0 Å². The van der Waals surface area contributed by atoms with Crippen molar-refractivity contribution >= 4 is 33.2 Å². The van der Waals surface area contributed by atoms with E-state index >= 15 is 0 Å². The second-order valence-corrected chi connectivity index (χ2v) is 4.96. The number of aromatic amines is 1. The minimum atomic E-state index is -0.207. The number of alkyl halides is 1. The number of hydrogen-bond acceptors (Lipinski definition) is 4. The SMILES string of the molecule is O=c1[nH]c(-c2cnc3ccsc3c2)ncc1CCl. The van der Waals surface area contributed by atoms with E-state index in [-0.39, 0.29) is 11.4 Å². The van der Waals surface area contributed by atoms with Gasteiger partial charge < -0.3 is 4.98 Å². The summed E-state index contributed by atoms with van der Waals surface area (Å²) in [5.74, 6) is 0.668. The molecule has 0 spiro atoms. The lowest BCUT2D eigenvalue weighted by atomic mass is 10.2. The van der Waals surface area contributed by atoms with E-state index in [4.69, 9.17) is 11.6 Å². The molecule has 0 aromatic carbocycles. The van der Waals surface area contributed by atoms with Gasteiger partial charge in [0.2, 0.25) is 0 Å². The standard InChI is InChI=1S/C12H8ClN3OS/c13-4-8-6-15-11(16-12(8)17)7-3-10-9(14-5-7)1-2-18-10/h1-3,5-6H,4H2,(H,15,16,17). The van der Waals surface area contributed by atoms with E-state index in [9.17, 15) is 4.79 Å². The largest absolute Gasteiger partial charge is 0.306 e. The first-order chi connectivity index (χ1) is 8.78. The molecule has 90 valence electrons. The van der Waals surface area contributed by atoms with E-state index in [1.54, 1.807) is 17.5 Å². The van der Waals surface area contributed by atoms with Crippen molar-refractivity contribution in [1.29, 1.82) is 0 Å². The van der Waals surface area contributed by atoms with Crippen molar-refractivity contribution in [2.75, 3.05) is 0 Å². The van der Waals surface area contributed by atoms with E-state index in [2.05, 4.69) is 15.0 Å². The minimum Gasteiger partial charge on any atom is -0.306 e. The van der Waals surface area contributed by atoms with Crippen LogP contribution in [0.4, 0.5) is 0 Å². The maximum absolute atomic E-state index is 11.7. The zero-order valence-corrected chi connectivity index (χ0v) is 10.8. The summed E-state index contributed by atoms with van der Waals surface area (Å²) in [5, 5.41) is 1.98. The lowest BCUT2D eigenvalue weighted by Crippen LogP contribution is -2.13. The highest BCUT2D eigenvalue weighted by Gasteiger charge is 2.06. The summed E-state index contributed by atoms with van der Waals surface area (Å²) in [5.41, 5.74) is 2.00. The van der Waals surface area contributed by atoms with Gasteiger partial charge in [0.25, 0.3) is 5.56 Å². The Labute approximate surface area is 111 Å². The van der Waals surface area contributed by atoms with Crippen molar-refractivity contribution in [3.63, 3.8) is 0 Å². The molecular weight excluding hydrogens is 270 g/mol. The molecule has 0 aliphatic carbocycles. The Morgan fingerprint density at radius 3 is 3.00 bits per heavy atom. The maximum atomic E-state index is 11.7. The zero-order valence-electron chi connectivity index (χ0n) is 9.18. The molecule has 0 aliphatic rings. The molecule has 0 radical (unpaired) electrons. The van der Waals surface area contributed by atoms with Gasteiger partial charge in [-0.25, -0.2) is 4.98 Å². The summed E-state index contributed by atoms with van der Waals surface area (Å²) in [6.45, 7) is 0. The topological polar surface area (TPSA) is 58.6 Å². The van der Waals surface area contributed by atoms with E-state index in [0.29, 0.717) is 11.4 Å². The Bertz CT molecular complexity index is 765. The van der Waals surface area contributed by atoms with Crippen LogP contribution in [0.3, 0.4) is 0 Å². The first-order valence-electron chi connectivity index (χ1n) is 5.26. The highest BCUT2D eigenvalue weighted by molar-refractivity contribution is 7.17. The number of halogens is 1. The predicted molar refractivity (Wildman–Crippen MR) is 73.0 cm³/mol. The number of aromatic nitrogens is 3. The summed E-state index contributed by atoms with van der Waals surface area (Å²) in [7, 11) is 0. The van der Waals surface area contributed by atoms with E-state index < -0.39 is 0 Å². The fourth-order valence-electron chi connectivity index (χ4n) is 1.64. The molecule has 0 bridgehead atoms. The fraction of sp³-hybridized carbons (Fsp3) is 0.0833. The maximum Gasteiger partial charge on any atom is 0.255 e. The van der Waals surface area contributed by atoms with Crippen molar-refractivity contribution < 1.29 is 0 Å². The van der Waals surface area contributed by atoms with Gasteiger partial charge in [0, 0.05) is 18.0 Å². The Morgan fingerprint density at radius 2 is 2.22 bits per heavy atom. The van der Waals surface area contributed by atoms with Crippen LogP contribution < -0.4 is 5.56 Å². The predicted octanol–water partition coefficient (Wildman–Crippen LogP) is 2.79. The van der Waals surface area contributed by atoms with Crippen molar-refractivity contribution in [3.05, 3.63) is 45.8 Å². The molecule has 3 rings (SSSR count).